The summed E-state index contributed by atoms with van der Waals surface area (Å²) in [6.45, 7) is 0. The average molecular weight is 178 g/mol. The Bertz CT molecular complexity index is 244. The van der Waals surface area contributed by atoms with Crippen LogP contribution in [0.4, 0.5) is 0 Å². The van der Waals surface area contributed by atoms with Crippen molar-refractivity contribution in [2.75, 3.05) is 0 Å². The Morgan fingerprint density at radius 1 is 1.54 bits per heavy atom. The van der Waals surface area contributed by atoms with Gasteiger partial charge in [-0.05, 0) is 30.4 Å². The van der Waals surface area contributed by atoms with Crippen LogP contribution in [0.3, 0.4) is 0 Å². The van der Waals surface area contributed by atoms with Gasteiger partial charge >= 0.3 is 0 Å². The standard InChI is InChI=1S/C9H11N.CH3NO/c1-3-8(4-1)9-5-2-6-10-7-9;2-1-3/h2,5-8H,1,3-4H2;1H,(H2,2,3). The second kappa shape index (κ2) is 5.30. The van der Waals surface area contributed by atoms with Crippen LogP contribution in [0.1, 0.15) is 30.7 Å². The molecule has 2 rings (SSSR count). The molecule has 1 saturated carbocycles. The highest BCUT2D eigenvalue weighted by atomic mass is 16.1. The van der Waals surface area contributed by atoms with Gasteiger partial charge in [-0.25, -0.2) is 0 Å². The van der Waals surface area contributed by atoms with Crippen LogP contribution < -0.4 is 5.73 Å². The third-order valence-electron chi connectivity index (χ3n) is 2.26. The molecule has 0 bridgehead atoms. The van der Waals surface area contributed by atoms with Crippen molar-refractivity contribution in [3.63, 3.8) is 0 Å². The van der Waals surface area contributed by atoms with Crippen molar-refractivity contribution in [2.24, 2.45) is 5.73 Å². The molecular weight excluding hydrogens is 164 g/mol. The second-order valence-corrected chi connectivity index (χ2v) is 3.05. The van der Waals surface area contributed by atoms with Gasteiger partial charge in [0.05, 0.1) is 0 Å². The first-order chi connectivity index (χ1) is 6.38. The summed E-state index contributed by atoms with van der Waals surface area (Å²) in [5, 5.41) is 0. The van der Waals surface area contributed by atoms with Gasteiger partial charge in [0.15, 0.2) is 0 Å². The van der Waals surface area contributed by atoms with Gasteiger partial charge in [-0.15, -0.1) is 0 Å². The third-order valence-corrected chi connectivity index (χ3v) is 2.26. The number of pyridine rings is 1. The van der Waals surface area contributed by atoms with E-state index in [0.29, 0.717) is 0 Å². The number of aromatic nitrogens is 1. The zero-order valence-corrected chi connectivity index (χ0v) is 7.52. The highest BCUT2D eigenvalue weighted by Gasteiger charge is 2.18. The number of nitrogens with two attached hydrogens (primary N) is 1. The predicted octanol–water partition coefficient (Wildman–Crippen LogP) is 1.45. The predicted molar refractivity (Wildman–Crippen MR) is 51.1 cm³/mol. The quantitative estimate of drug-likeness (QED) is 0.662. The van der Waals surface area contributed by atoms with Crippen LogP contribution in [-0.2, 0) is 4.79 Å². The smallest absolute Gasteiger partial charge is 0.204 e. The fraction of sp³-hybridized carbons (Fsp3) is 0.400. The number of carbonyl (C=O) groups is 1. The SMILES string of the molecule is NC=O.c1cncc(C2CCC2)c1. The lowest BCUT2D eigenvalue weighted by atomic mass is 9.81. The average Bonchev–Trinajstić information content (AvgIpc) is 2.04. The molecule has 0 radical (unpaired) electrons. The number of primary amides is 1. The Balaban J connectivity index is 0.000000251. The van der Waals surface area contributed by atoms with Crippen LogP contribution in [0, 0.1) is 0 Å². The third kappa shape index (κ3) is 2.86. The molecule has 0 aromatic carbocycles. The maximum Gasteiger partial charge on any atom is 0.204 e. The minimum absolute atomic E-state index is 0.250. The lowest BCUT2D eigenvalue weighted by Crippen LogP contribution is -2.08. The Morgan fingerprint density at radius 2 is 2.23 bits per heavy atom. The molecule has 1 heterocycles. The Labute approximate surface area is 78.0 Å². The van der Waals surface area contributed by atoms with Gasteiger partial charge in [0, 0.05) is 12.4 Å². The number of amides is 1. The molecule has 1 aromatic rings. The molecule has 2 N–H and O–H groups in total. The molecule has 0 atom stereocenters. The molecule has 1 aromatic heterocycles. The fourth-order valence-corrected chi connectivity index (χ4v) is 1.36. The number of nitrogens with zero attached hydrogens (tertiary/aromatic N) is 1. The van der Waals surface area contributed by atoms with Gasteiger partial charge < -0.3 is 5.73 Å². The van der Waals surface area contributed by atoms with Gasteiger partial charge in [-0.2, -0.15) is 0 Å². The summed E-state index contributed by atoms with van der Waals surface area (Å²) in [6.07, 6.45) is 8.21. The van der Waals surface area contributed by atoms with Crippen LogP contribution in [0.5, 0.6) is 0 Å². The number of hydrogen-bond donors (Lipinski definition) is 1. The van der Waals surface area contributed by atoms with Crippen LogP contribution in [0.25, 0.3) is 0 Å². The van der Waals surface area contributed by atoms with Crippen LogP contribution in [0.15, 0.2) is 24.5 Å². The van der Waals surface area contributed by atoms with E-state index in [1.54, 1.807) is 0 Å². The summed E-state index contributed by atoms with van der Waals surface area (Å²) >= 11 is 0. The molecule has 0 spiro atoms. The zero-order valence-electron chi connectivity index (χ0n) is 7.52. The second-order valence-electron chi connectivity index (χ2n) is 3.05. The summed E-state index contributed by atoms with van der Waals surface area (Å²) < 4.78 is 0. The molecule has 0 saturated heterocycles. The topological polar surface area (TPSA) is 56.0 Å². The minimum atomic E-state index is 0.250. The van der Waals surface area contributed by atoms with Crippen molar-refractivity contribution in [1.82, 2.24) is 4.98 Å². The Kier molecular flexibility index (Phi) is 3.96. The minimum Gasteiger partial charge on any atom is -0.372 e. The zero-order chi connectivity index (χ0) is 9.52. The van der Waals surface area contributed by atoms with Crippen molar-refractivity contribution >= 4 is 6.41 Å². The normalized spacial score (nSPS) is 15.1. The Morgan fingerprint density at radius 3 is 2.62 bits per heavy atom. The highest BCUT2D eigenvalue weighted by molar-refractivity contribution is 5.42. The summed E-state index contributed by atoms with van der Waals surface area (Å²) in [6, 6.07) is 4.20. The van der Waals surface area contributed by atoms with Crippen LogP contribution in [0.2, 0.25) is 0 Å². The first kappa shape index (κ1) is 9.71. The number of hydrogen-bond acceptors (Lipinski definition) is 2. The van der Waals surface area contributed by atoms with Crippen molar-refractivity contribution in [1.29, 1.82) is 0 Å². The highest BCUT2D eigenvalue weighted by Crippen LogP contribution is 2.35. The van der Waals surface area contributed by atoms with Crippen LogP contribution in [-0.4, -0.2) is 11.4 Å². The van der Waals surface area contributed by atoms with Gasteiger partial charge in [0.1, 0.15) is 0 Å². The molecule has 3 heteroatoms. The van der Waals surface area contributed by atoms with Crippen molar-refractivity contribution in [3.8, 4) is 0 Å². The molecule has 1 aliphatic carbocycles. The van der Waals surface area contributed by atoms with Gasteiger partial charge in [0.25, 0.3) is 0 Å². The maximum absolute atomic E-state index is 8.58. The fourth-order valence-electron chi connectivity index (χ4n) is 1.36. The summed E-state index contributed by atoms with van der Waals surface area (Å²) in [7, 11) is 0. The lowest BCUT2D eigenvalue weighted by molar-refractivity contribution is -0.106. The molecule has 1 fully saturated rings. The van der Waals surface area contributed by atoms with Gasteiger partial charge in [-0.1, -0.05) is 12.5 Å². The first-order valence-corrected chi connectivity index (χ1v) is 4.43. The van der Waals surface area contributed by atoms with E-state index in [9.17, 15) is 0 Å². The summed E-state index contributed by atoms with van der Waals surface area (Å²) in [5.74, 6) is 0.827. The molecule has 0 unspecified atom stereocenters. The van der Waals surface area contributed by atoms with Crippen molar-refractivity contribution in [3.05, 3.63) is 30.1 Å². The number of rotatable bonds is 1. The summed E-state index contributed by atoms with van der Waals surface area (Å²) in [5.41, 5.74) is 5.59. The van der Waals surface area contributed by atoms with Crippen LogP contribution >= 0.6 is 0 Å². The molecule has 13 heavy (non-hydrogen) atoms. The van der Waals surface area contributed by atoms with Gasteiger partial charge in [0.2, 0.25) is 6.41 Å². The van der Waals surface area contributed by atoms with Crippen molar-refractivity contribution in [2.45, 2.75) is 25.2 Å². The van der Waals surface area contributed by atoms with E-state index in [0.717, 1.165) is 5.92 Å². The molecule has 1 amide bonds. The molecule has 3 nitrogen and oxygen atoms in total. The monoisotopic (exact) mass is 178 g/mol. The van der Waals surface area contributed by atoms with Crippen molar-refractivity contribution < 1.29 is 4.79 Å². The summed E-state index contributed by atoms with van der Waals surface area (Å²) in [4.78, 5) is 12.7. The van der Waals surface area contributed by atoms with E-state index in [1.165, 1.54) is 24.8 Å². The first-order valence-electron chi connectivity index (χ1n) is 4.43. The van der Waals surface area contributed by atoms with E-state index in [2.05, 4.69) is 16.8 Å². The molecular formula is C10H14N2O. The van der Waals surface area contributed by atoms with E-state index in [-0.39, 0.29) is 6.41 Å². The Hall–Kier alpha value is -1.38. The van der Waals surface area contributed by atoms with E-state index in [4.69, 9.17) is 4.79 Å². The molecule has 0 aliphatic heterocycles. The van der Waals surface area contributed by atoms with Gasteiger partial charge in [-0.3, -0.25) is 9.78 Å². The largest absolute Gasteiger partial charge is 0.372 e. The van der Waals surface area contributed by atoms with E-state index in [1.807, 2.05) is 18.5 Å². The molecule has 70 valence electrons. The maximum atomic E-state index is 8.58. The molecule has 1 aliphatic rings. The lowest BCUT2D eigenvalue weighted by Gasteiger charge is -2.24. The van der Waals surface area contributed by atoms with E-state index < -0.39 is 0 Å². The number of carbonyl (C=O) groups excluding carboxylic acids is 1. The van der Waals surface area contributed by atoms with E-state index >= 15 is 0 Å².